The minimum Gasteiger partial charge on any atom is -0.510 e. The first-order chi connectivity index (χ1) is 5.95. The van der Waals surface area contributed by atoms with Gasteiger partial charge in [0, 0.05) is 0 Å². The third-order valence-corrected chi connectivity index (χ3v) is 2.02. The lowest BCUT2D eigenvalue weighted by Crippen LogP contribution is -2.33. The zero-order chi connectivity index (χ0) is 10.2. The van der Waals surface area contributed by atoms with Crippen molar-refractivity contribution in [1.82, 2.24) is 0 Å². The Kier molecular flexibility index (Phi) is 2.92. The molecule has 4 N–H and O–H groups in total. The second-order valence-corrected chi connectivity index (χ2v) is 3.31. The predicted octanol–water partition coefficient (Wildman–Crippen LogP) is -0.723. The molecule has 4 atom stereocenters. The molecule has 0 aromatic carbocycles. The van der Waals surface area contributed by atoms with Crippen molar-refractivity contribution < 1.29 is 25.2 Å². The van der Waals surface area contributed by atoms with Gasteiger partial charge in [-0.3, -0.25) is 0 Å². The van der Waals surface area contributed by atoms with Gasteiger partial charge < -0.3 is 25.2 Å². The summed E-state index contributed by atoms with van der Waals surface area (Å²) < 4.78 is 4.76. The van der Waals surface area contributed by atoms with Crippen LogP contribution in [0.3, 0.4) is 0 Å². The van der Waals surface area contributed by atoms with E-state index in [9.17, 15) is 10.2 Å². The Hall–Kier alpha value is -0.620. The molecule has 0 unspecified atom stereocenters. The van der Waals surface area contributed by atoms with Crippen LogP contribution in [0.2, 0.25) is 0 Å². The maximum atomic E-state index is 9.40. The van der Waals surface area contributed by atoms with Crippen molar-refractivity contribution in [2.24, 2.45) is 0 Å². The highest BCUT2D eigenvalue weighted by atomic mass is 16.6. The smallest absolute Gasteiger partial charge is 0.184 e. The fourth-order valence-electron chi connectivity index (χ4n) is 1.17. The lowest BCUT2D eigenvalue weighted by molar-refractivity contribution is -0.125. The molecule has 0 radical (unpaired) electrons. The Balaban J connectivity index is 2.80. The van der Waals surface area contributed by atoms with Gasteiger partial charge in [-0.2, -0.15) is 0 Å². The normalized spacial score (nSPS) is 39.2. The van der Waals surface area contributed by atoms with Crippen molar-refractivity contribution >= 4 is 0 Å². The van der Waals surface area contributed by atoms with Crippen molar-refractivity contribution in [1.29, 1.82) is 0 Å². The molecule has 1 fully saturated rings. The van der Waals surface area contributed by atoms with Crippen LogP contribution in [0.4, 0.5) is 0 Å². The summed E-state index contributed by atoms with van der Waals surface area (Å²) in [5.74, 6) is -0.150. The molecule has 0 aromatic heterocycles. The van der Waals surface area contributed by atoms with Crippen molar-refractivity contribution in [2.75, 3.05) is 0 Å². The van der Waals surface area contributed by atoms with Crippen LogP contribution in [0.15, 0.2) is 11.3 Å². The molecule has 1 heterocycles. The van der Waals surface area contributed by atoms with Crippen LogP contribution < -0.4 is 0 Å². The summed E-state index contributed by atoms with van der Waals surface area (Å²) in [5, 5.41) is 36.8. The Bertz CT molecular complexity index is 221. The Labute approximate surface area is 75.9 Å². The van der Waals surface area contributed by atoms with Gasteiger partial charge in [0.05, 0.1) is 0 Å². The summed E-state index contributed by atoms with van der Waals surface area (Å²) in [6, 6.07) is 0. The summed E-state index contributed by atoms with van der Waals surface area (Å²) in [6.45, 7) is 3.28. The van der Waals surface area contributed by atoms with Gasteiger partial charge in [0.1, 0.15) is 24.1 Å². The van der Waals surface area contributed by atoms with E-state index in [2.05, 4.69) is 0 Å². The summed E-state index contributed by atoms with van der Waals surface area (Å²) in [6.07, 6.45) is -5.13. The SMILES string of the molecule is CC(C)=C(O)[C@H]1O[C@@H](O)[C@@H](O)[C@H]1O. The molecular formula is C8H14O5. The van der Waals surface area contributed by atoms with Gasteiger partial charge >= 0.3 is 0 Å². The minimum absolute atomic E-state index is 0.150. The Morgan fingerprint density at radius 2 is 1.62 bits per heavy atom. The number of allylic oxidation sites excluding steroid dienone is 1. The zero-order valence-corrected chi connectivity index (χ0v) is 7.51. The van der Waals surface area contributed by atoms with E-state index in [1.165, 1.54) is 0 Å². The number of hydrogen-bond acceptors (Lipinski definition) is 5. The van der Waals surface area contributed by atoms with Gasteiger partial charge in [0.2, 0.25) is 0 Å². The predicted molar refractivity (Wildman–Crippen MR) is 43.9 cm³/mol. The lowest BCUT2D eigenvalue weighted by Gasteiger charge is -2.14. The van der Waals surface area contributed by atoms with Crippen LogP contribution in [-0.2, 0) is 4.74 Å². The summed E-state index contributed by atoms with van der Waals surface area (Å²) >= 11 is 0. The van der Waals surface area contributed by atoms with Crippen LogP contribution in [0.25, 0.3) is 0 Å². The van der Waals surface area contributed by atoms with Gasteiger partial charge in [-0.25, -0.2) is 0 Å². The van der Waals surface area contributed by atoms with E-state index in [0.717, 1.165) is 0 Å². The van der Waals surface area contributed by atoms with Crippen LogP contribution in [0.5, 0.6) is 0 Å². The molecule has 0 saturated carbocycles. The Morgan fingerprint density at radius 3 is 1.92 bits per heavy atom. The van der Waals surface area contributed by atoms with Gasteiger partial charge in [0.15, 0.2) is 6.29 Å². The Morgan fingerprint density at radius 1 is 1.08 bits per heavy atom. The molecule has 13 heavy (non-hydrogen) atoms. The monoisotopic (exact) mass is 190 g/mol. The largest absolute Gasteiger partial charge is 0.510 e. The van der Waals surface area contributed by atoms with E-state index >= 15 is 0 Å². The molecular weight excluding hydrogens is 176 g/mol. The number of ether oxygens (including phenoxy) is 1. The van der Waals surface area contributed by atoms with Crippen molar-refractivity contribution in [3.05, 3.63) is 11.3 Å². The molecule has 0 aliphatic carbocycles. The molecule has 5 heteroatoms. The molecule has 0 amide bonds. The molecule has 5 nitrogen and oxygen atoms in total. The summed E-state index contributed by atoms with van der Waals surface area (Å²) in [4.78, 5) is 0. The third-order valence-electron chi connectivity index (χ3n) is 2.02. The second kappa shape index (κ2) is 3.63. The number of aliphatic hydroxyl groups excluding tert-OH is 4. The number of hydrogen-bond donors (Lipinski definition) is 4. The fourth-order valence-corrected chi connectivity index (χ4v) is 1.17. The lowest BCUT2D eigenvalue weighted by atomic mass is 10.1. The molecule has 0 bridgehead atoms. The molecule has 0 spiro atoms. The van der Waals surface area contributed by atoms with Gasteiger partial charge in [-0.1, -0.05) is 0 Å². The summed E-state index contributed by atoms with van der Waals surface area (Å²) in [5.41, 5.74) is 0.574. The second-order valence-electron chi connectivity index (χ2n) is 3.31. The maximum absolute atomic E-state index is 9.40. The van der Waals surface area contributed by atoms with Crippen molar-refractivity contribution in [3.63, 3.8) is 0 Å². The van der Waals surface area contributed by atoms with E-state index in [-0.39, 0.29) is 5.76 Å². The topological polar surface area (TPSA) is 90.2 Å². The minimum atomic E-state index is -1.44. The van der Waals surface area contributed by atoms with Crippen molar-refractivity contribution in [2.45, 2.75) is 38.4 Å². The molecule has 1 aliphatic rings. The van der Waals surface area contributed by atoms with E-state index in [4.69, 9.17) is 14.9 Å². The molecule has 1 saturated heterocycles. The standard InChI is InChI=1S/C8H14O5/c1-3(2)4(9)7-5(10)6(11)8(12)13-7/h5-12H,1-2H3/t5-,6+,7-,8-/m1/s1. The van der Waals surface area contributed by atoms with E-state index in [0.29, 0.717) is 5.57 Å². The molecule has 1 rings (SSSR count). The van der Waals surface area contributed by atoms with Crippen molar-refractivity contribution in [3.8, 4) is 0 Å². The van der Waals surface area contributed by atoms with Crippen LogP contribution >= 0.6 is 0 Å². The van der Waals surface area contributed by atoms with Gasteiger partial charge in [-0.05, 0) is 19.4 Å². The highest BCUT2D eigenvalue weighted by Crippen LogP contribution is 2.25. The quantitative estimate of drug-likeness (QED) is 0.409. The number of aliphatic hydroxyl groups is 4. The molecule has 0 aromatic rings. The highest BCUT2D eigenvalue weighted by molar-refractivity contribution is 5.11. The number of rotatable bonds is 1. The zero-order valence-electron chi connectivity index (χ0n) is 7.51. The summed E-state index contributed by atoms with van der Waals surface area (Å²) in [7, 11) is 0. The van der Waals surface area contributed by atoms with Gasteiger partial charge in [0.25, 0.3) is 0 Å². The average Bonchev–Trinajstić information content (AvgIpc) is 2.31. The first-order valence-corrected chi connectivity index (χ1v) is 4.01. The van der Waals surface area contributed by atoms with Crippen LogP contribution in [0, 0.1) is 0 Å². The fraction of sp³-hybridized carbons (Fsp3) is 0.750. The van der Waals surface area contributed by atoms with E-state index in [1.807, 2.05) is 0 Å². The molecule has 1 aliphatic heterocycles. The molecule has 76 valence electrons. The van der Waals surface area contributed by atoms with Crippen LogP contribution in [-0.4, -0.2) is 45.0 Å². The van der Waals surface area contributed by atoms with Gasteiger partial charge in [-0.15, -0.1) is 0 Å². The van der Waals surface area contributed by atoms with E-state index in [1.54, 1.807) is 13.8 Å². The average molecular weight is 190 g/mol. The van der Waals surface area contributed by atoms with Crippen LogP contribution in [0.1, 0.15) is 13.8 Å². The third kappa shape index (κ3) is 1.83. The van der Waals surface area contributed by atoms with E-state index < -0.39 is 24.6 Å². The highest BCUT2D eigenvalue weighted by Gasteiger charge is 2.44. The first kappa shape index (κ1) is 10.5. The first-order valence-electron chi connectivity index (χ1n) is 4.01. The maximum Gasteiger partial charge on any atom is 0.184 e.